The highest BCUT2D eigenvalue weighted by atomic mass is 19.4. The Morgan fingerprint density at radius 2 is 2.00 bits per heavy atom. The molecular weight excluding hydrogens is 227 g/mol. The van der Waals surface area contributed by atoms with Crippen molar-refractivity contribution in [2.45, 2.75) is 32.5 Å². The van der Waals surface area contributed by atoms with Crippen LogP contribution >= 0.6 is 0 Å². The van der Waals surface area contributed by atoms with Crippen LogP contribution in [0.3, 0.4) is 0 Å². The molecule has 0 bridgehead atoms. The summed E-state index contributed by atoms with van der Waals surface area (Å²) in [7, 11) is 0. The van der Waals surface area contributed by atoms with Gasteiger partial charge in [-0.1, -0.05) is 25.1 Å². The minimum atomic E-state index is -4.25. The normalized spacial score (nSPS) is 18.1. The summed E-state index contributed by atoms with van der Waals surface area (Å²) >= 11 is 0. The second kappa shape index (κ2) is 4.33. The molecular formula is C13H16F3N. The molecule has 1 aromatic rings. The van der Waals surface area contributed by atoms with Gasteiger partial charge in [-0.2, -0.15) is 13.2 Å². The van der Waals surface area contributed by atoms with E-state index in [9.17, 15) is 13.2 Å². The van der Waals surface area contributed by atoms with Crippen molar-refractivity contribution in [3.8, 4) is 0 Å². The summed E-state index contributed by atoms with van der Waals surface area (Å²) in [6.07, 6.45) is -1.83. The number of nitrogens with one attached hydrogen (secondary N) is 1. The fourth-order valence-electron chi connectivity index (χ4n) is 1.76. The highest BCUT2D eigenvalue weighted by molar-refractivity contribution is 5.25. The molecule has 1 fully saturated rings. The molecule has 1 aliphatic carbocycles. The van der Waals surface area contributed by atoms with Gasteiger partial charge in [0, 0.05) is 13.1 Å². The van der Waals surface area contributed by atoms with Gasteiger partial charge in [0.2, 0.25) is 0 Å². The Balaban J connectivity index is 1.92. The van der Waals surface area contributed by atoms with E-state index in [0.29, 0.717) is 17.5 Å². The van der Waals surface area contributed by atoms with Crippen molar-refractivity contribution >= 4 is 0 Å². The lowest BCUT2D eigenvalue weighted by Gasteiger charge is -2.11. The maximum atomic E-state index is 12.5. The van der Waals surface area contributed by atoms with Gasteiger partial charge in [0.15, 0.2) is 0 Å². The number of alkyl halides is 3. The Hall–Kier alpha value is -1.03. The minimum absolute atomic E-state index is 0.377. The van der Waals surface area contributed by atoms with Gasteiger partial charge < -0.3 is 5.32 Å². The zero-order valence-electron chi connectivity index (χ0n) is 9.77. The monoisotopic (exact) mass is 243 g/mol. The second-order valence-electron chi connectivity index (χ2n) is 5.11. The molecule has 0 saturated heterocycles. The summed E-state index contributed by atoms with van der Waals surface area (Å²) in [6.45, 7) is 3.56. The van der Waals surface area contributed by atoms with Crippen LogP contribution in [0.5, 0.6) is 0 Å². The summed E-state index contributed by atoms with van der Waals surface area (Å²) in [4.78, 5) is 0. The van der Waals surface area contributed by atoms with Crippen LogP contribution in [0.25, 0.3) is 0 Å². The largest absolute Gasteiger partial charge is 0.416 e. The first kappa shape index (κ1) is 12.4. The van der Waals surface area contributed by atoms with E-state index >= 15 is 0 Å². The van der Waals surface area contributed by atoms with Gasteiger partial charge in [0.05, 0.1) is 5.56 Å². The van der Waals surface area contributed by atoms with Crippen LogP contribution in [-0.4, -0.2) is 6.54 Å². The van der Waals surface area contributed by atoms with E-state index in [1.54, 1.807) is 6.07 Å². The number of hydrogen-bond donors (Lipinski definition) is 1. The Bertz CT molecular complexity index is 394. The van der Waals surface area contributed by atoms with Crippen LogP contribution in [0.15, 0.2) is 24.3 Å². The molecule has 1 saturated carbocycles. The first-order valence-corrected chi connectivity index (χ1v) is 5.76. The third-order valence-electron chi connectivity index (χ3n) is 3.24. The number of rotatable bonds is 4. The molecule has 2 rings (SSSR count). The standard InChI is InChI=1S/C13H16F3N/c1-12(5-6-12)9-17-8-10-3-2-4-11(7-10)13(14,15)16/h2-4,7,17H,5-6,8-9H2,1H3. The van der Waals surface area contributed by atoms with Crippen molar-refractivity contribution in [1.29, 1.82) is 0 Å². The average Bonchev–Trinajstić information content (AvgIpc) is 2.96. The molecule has 1 aliphatic rings. The van der Waals surface area contributed by atoms with E-state index in [4.69, 9.17) is 0 Å². The maximum Gasteiger partial charge on any atom is 0.416 e. The molecule has 0 heterocycles. The van der Waals surface area contributed by atoms with Gasteiger partial charge >= 0.3 is 6.18 Å². The highest BCUT2D eigenvalue weighted by Gasteiger charge is 2.36. The van der Waals surface area contributed by atoms with Gasteiger partial charge in [-0.25, -0.2) is 0 Å². The smallest absolute Gasteiger partial charge is 0.312 e. The van der Waals surface area contributed by atoms with Crippen LogP contribution in [-0.2, 0) is 12.7 Å². The van der Waals surface area contributed by atoms with Gasteiger partial charge in [0.1, 0.15) is 0 Å². The molecule has 0 radical (unpaired) electrons. The number of benzene rings is 1. The molecule has 4 heteroatoms. The van der Waals surface area contributed by atoms with E-state index in [2.05, 4.69) is 12.2 Å². The molecule has 94 valence electrons. The Morgan fingerprint density at radius 1 is 1.29 bits per heavy atom. The summed E-state index contributed by atoms with van der Waals surface area (Å²) in [5.74, 6) is 0. The third-order valence-corrected chi connectivity index (χ3v) is 3.24. The molecule has 1 aromatic carbocycles. The zero-order valence-corrected chi connectivity index (χ0v) is 9.77. The van der Waals surface area contributed by atoms with Gasteiger partial charge in [0.25, 0.3) is 0 Å². The summed E-state index contributed by atoms with van der Waals surface area (Å²) in [5, 5.41) is 3.22. The quantitative estimate of drug-likeness (QED) is 0.852. The van der Waals surface area contributed by atoms with E-state index in [0.717, 1.165) is 12.6 Å². The minimum Gasteiger partial charge on any atom is -0.312 e. The second-order valence-corrected chi connectivity index (χ2v) is 5.11. The van der Waals surface area contributed by atoms with E-state index < -0.39 is 11.7 Å². The Labute approximate surface area is 99.0 Å². The molecule has 1 N–H and O–H groups in total. The van der Waals surface area contributed by atoms with Crippen LogP contribution in [0, 0.1) is 5.41 Å². The summed E-state index contributed by atoms with van der Waals surface area (Å²) in [5.41, 5.74) is 0.486. The van der Waals surface area contributed by atoms with E-state index in [1.807, 2.05) is 0 Å². The van der Waals surface area contributed by atoms with Crippen LogP contribution < -0.4 is 5.32 Å². The van der Waals surface area contributed by atoms with Crippen LogP contribution in [0.2, 0.25) is 0 Å². The zero-order chi connectivity index (χ0) is 12.5. The van der Waals surface area contributed by atoms with Crippen molar-refractivity contribution in [3.05, 3.63) is 35.4 Å². The van der Waals surface area contributed by atoms with Crippen LogP contribution in [0.4, 0.5) is 13.2 Å². The van der Waals surface area contributed by atoms with Crippen molar-refractivity contribution in [2.24, 2.45) is 5.41 Å². The fraction of sp³-hybridized carbons (Fsp3) is 0.538. The first-order valence-electron chi connectivity index (χ1n) is 5.76. The first-order chi connectivity index (χ1) is 7.89. The molecule has 0 amide bonds. The Morgan fingerprint density at radius 3 is 2.59 bits per heavy atom. The third kappa shape index (κ3) is 3.46. The molecule has 0 aromatic heterocycles. The van der Waals surface area contributed by atoms with E-state index in [-0.39, 0.29) is 0 Å². The highest BCUT2D eigenvalue weighted by Crippen LogP contribution is 2.44. The lowest BCUT2D eigenvalue weighted by Crippen LogP contribution is -2.21. The predicted molar refractivity (Wildman–Crippen MR) is 60.5 cm³/mol. The SMILES string of the molecule is CC1(CNCc2cccc(C(F)(F)F)c2)CC1. The van der Waals surface area contributed by atoms with Crippen LogP contribution in [0.1, 0.15) is 30.9 Å². The molecule has 0 aliphatic heterocycles. The molecule has 0 unspecified atom stereocenters. The van der Waals surface area contributed by atoms with E-state index in [1.165, 1.54) is 25.0 Å². The Kier molecular flexibility index (Phi) is 3.17. The fourth-order valence-corrected chi connectivity index (χ4v) is 1.76. The lowest BCUT2D eigenvalue weighted by atomic mass is 10.1. The number of hydrogen-bond acceptors (Lipinski definition) is 1. The van der Waals surface area contributed by atoms with Crippen molar-refractivity contribution in [3.63, 3.8) is 0 Å². The van der Waals surface area contributed by atoms with Gasteiger partial charge in [-0.3, -0.25) is 0 Å². The lowest BCUT2D eigenvalue weighted by molar-refractivity contribution is -0.137. The summed E-state index contributed by atoms with van der Waals surface area (Å²) < 4.78 is 37.4. The van der Waals surface area contributed by atoms with Gasteiger partial charge in [-0.05, 0) is 29.9 Å². The molecule has 0 spiro atoms. The molecule has 0 atom stereocenters. The van der Waals surface area contributed by atoms with Gasteiger partial charge in [-0.15, -0.1) is 0 Å². The number of halogens is 3. The van der Waals surface area contributed by atoms with Crippen molar-refractivity contribution in [1.82, 2.24) is 5.32 Å². The molecule has 17 heavy (non-hydrogen) atoms. The van der Waals surface area contributed by atoms with Crippen molar-refractivity contribution < 1.29 is 13.2 Å². The van der Waals surface area contributed by atoms with Crippen molar-refractivity contribution in [2.75, 3.05) is 6.54 Å². The summed E-state index contributed by atoms with van der Waals surface area (Å²) in [6, 6.07) is 5.49. The maximum absolute atomic E-state index is 12.5. The topological polar surface area (TPSA) is 12.0 Å². The predicted octanol–water partition coefficient (Wildman–Crippen LogP) is 3.60. The molecule has 1 nitrogen and oxygen atoms in total. The average molecular weight is 243 g/mol.